The van der Waals surface area contributed by atoms with Crippen molar-refractivity contribution < 1.29 is 14.7 Å². The largest absolute Gasteiger partial charge is 0.480 e. The number of hydrogen-bond donors (Lipinski definition) is 2. The molecule has 1 fully saturated rings. The first-order valence-electron chi connectivity index (χ1n) is 7.27. The second-order valence-electron chi connectivity index (χ2n) is 5.28. The monoisotopic (exact) mass is 280 g/mol. The highest BCUT2D eigenvalue weighted by atomic mass is 16.4. The summed E-state index contributed by atoms with van der Waals surface area (Å²) in [6, 6.07) is 0. The quantitative estimate of drug-likeness (QED) is 0.516. The Labute approximate surface area is 120 Å². The molecular formula is C15H24N2O3. The third kappa shape index (κ3) is 6.58. The molecule has 1 aliphatic rings. The zero-order valence-electron chi connectivity index (χ0n) is 11.9. The van der Waals surface area contributed by atoms with Crippen molar-refractivity contribution in [3.63, 3.8) is 0 Å². The molecule has 0 aromatic carbocycles. The van der Waals surface area contributed by atoms with Gasteiger partial charge in [-0.05, 0) is 31.6 Å². The number of rotatable bonds is 8. The van der Waals surface area contributed by atoms with Crippen LogP contribution in [0.1, 0.15) is 38.5 Å². The number of piperidine rings is 1. The number of likely N-dealkylation sites (tertiary alicyclic amines) is 1. The lowest BCUT2D eigenvalue weighted by Gasteiger charge is -2.33. The van der Waals surface area contributed by atoms with Crippen LogP contribution in [0.5, 0.6) is 0 Å². The zero-order valence-corrected chi connectivity index (χ0v) is 11.9. The van der Waals surface area contributed by atoms with Gasteiger partial charge in [-0.3, -0.25) is 9.59 Å². The molecule has 0 saturated carbocycles. The SMILES string of the molecule is C#CCCCCC(=O)N1CCCC(CNCC(=O)O)C1. The first-order valence-corrected chi connectivity index (χ1v) is 7.27. The van der Waals surface area contributed by atoms with Crippen molar-refractivity contribution in [3.05, 3.63) is 0 Å². The van der Waals surface area contributed by atoms with Crippen LogP contribution in [0.4, 0.5) is 0 Å². The molecule has 112 valence electrons. The minimum Gasteiger partial charge on any atom is -0.480 e. The van der Waals surface area contributed by atoms with E-state index in [2.05, 4.69) is 11.2 Å². The maximum atomic E-state index is 12.0. The minimum absolute atomic E-state index is 0.0173. The lowest BCUT2D eigenvalue weighted by atomic mass is 9.97. The Morgan fingerprint density at radius 1 is 1.40 bits per heavy atom. The number of nitrogens with zero attached hydrogens (tertiary/aromatic N) is 1. The van der Waals surface area contributed by atoms with Crippen molar-refractivity contribution in [2.75, 3.05) is 26.2 Å². The molecule has 1 unspecified atom stereocenters. The van der Waals surface area contributed by atoms with Crippen molar-refractivity contribution in [3.8, 4) is 12.3 Å². The number of nitrogens with one attached hydrogen (secondary N) is 1. The number of carbonyl (C=O) groups excluding carboxylic acids is 1. The lowest BCUT2D eigenvalue weighted by molar-refractivity contribution is -0.136. The van der Waals surface area contributed by atoms with E-state index < -0.39 is 5.97 Å². The summed E-state index contributed by atoms with van der Waals surface area (Å²) < 4.78 is 0. The lowest BCUT2D eigenvalue weighted by Crippen LogP contribution is -2.43. The normalized spacial score (nSPS) is 18.6. The Morgan fingerprint density at radius 2 is 2.20 bits per heavy atom. The van der Waals surface area contributed by atoms with E-state index in [0.29, 0.717) is 18.9 Å². The van der Waals surface area contributed by atoms with Crippen LogP contribution in [0.15, 0.2) is 0 Å². The minimum atomic E-state index is -0.845. The summed E-state index contributed by atoms with van der Waals surface area (Å²) in [6.45, 7) is 2.20. The van der Waals surface area contributed by atoms with E-state index in [1.165, 1.54) is 0 Å². The van der Waals surface area contributed by atoms with Gasteiger partial charge in [0, 0.05) is 32.5 Å². The van der Waals surface area contributed by atoms with Crippen molar-refractivity contribution in [1.29, 1.82) is 0 Å². The average molecular weight is 280 g/mol. The fourth-order valence-electron chi connectivity index (χ4n) is 2.50. The highest BCUT2D eigenvalue weighted by molar-refractivity contribution is 5.76. The molecule has 0 radical (unpaired) electrons. The fraction of sp³-hybridized carbons (Fsp3) is 0.733. The first-order chi connectivity index (χ1) is 9.63. The van der Waals surface area contributed by atoms with Crippen molar-refractivity contribution >= 4 is 11.9 Å². The molecule has 1 aliphatic heterocycles. The number of unbranched alkanes of at least 4 members (excludes halogenated alkanes) is 2. The Balaban J connectivity index is 2.23. The number of carboxylic acid groups (broad SMARTS) is 1. The smallest absolute Gasteiger partial charge is 0.317 e. The van der Waals surface area contributed by atoms with Crippen LogP contribution in [0.3, 0.4) is 0 Å². The molecule has 1 atom stereocenters. The van der Waals surface area contributed by atoms with E-state index in [9.17, 15) is 9.59 Å². The number of aliphatic carboxylic acids is 1. The number of amides is 1. The van der Waals surface area contributed by atoms with Crippen molar-refractivity contribution in [2.45, 2.75) is 38.5 Å². The highest BCUT2D eigenvalue weighted by Crippen LogP contribution is 2.17. The van der Waals surface area contributed by atoms with E-state index >= 15 is 0 Å². The summed E-state index contributed by atoms with van der Waals surface area (Å²) >= 11 is 0. The second kappa shape index (κ2) is 9.38. The first kappa shape index (κ1) is 16.5. The Hall–Kier alpha value is -1.54. The molecule has 20 heavy (non-hydrogen) atoms. The maximum Gasteiger partial charge on any atom is 0.317 e. The summed E-state index contributed by atoms with van der Waals surface area (Å²) in [6.07, 6.45) is 10.3. The number of hydrogen-bond acceptors (Lipinski definition) is 3. The highest BCUT2D eigenvalue weighted by Gasteiger charge is 2.23. The standard InChI is InChI=1S/C15H24N2O3/c1-2-3-4-5-8-14(18)17-9-6-7-13(12-17)10-16-11-15(19)20/h1,13,16H,3-12H2,(H,19,20). The van der Waals surface area contributed by atoms with Crippen LogP contribution in [-0.2, 0) is 9.59 Å². The average Bonchev–Trinajstić information content (AvgIpc) is 2.43. The fourth-order valence-corrected chi connectivity index (χ4v) is 2.50. The summed E-state index contributed by atoms with van der Waals surface area (Å²) in [5.74, 6) is 2.29. The van der Waals surface area contributed by atoms with Gasteiger partial charge in [0.15, 0.2) is 0 Å². The Bertz CT molecular complexity index is 363. The zero-order chi connectivity index (χ0) is 14.8. The molecule has 2 N–H and O–H groups in total. The molecule has 0 aromatic heterocycles. The van der Waals surface area contributed by atoms with Gasteiger partial charge in [0.2, 0.25) is 5.91 Å². The van der Waals surface area contributed by atoms with Crippen LogP contribution in [0, 0.1) is 18.3 Å². The van der Waals surface area contributed by atoms with Gasteiger partial charge < -0.3 is 15.3 Å². The topological polar surface area (TPSA) is 69.6 Å². The molecule has 1 amide bonds. The van der Waals surface area contributed by atoms with Crippen LogP contribution in [-0.4, -0.2) is 48.1 Å². The Kier molecular flexibility index (Phi) is 7.74. The molecule has 0 aliphatic carbocycles. The molecule has 0 aromatic rings. The van der Waals surface area contributed by atoms with Crippen LogP contribution < -0.4 is 5.32 Å². The van der Waals surface area contributed by atoms with Crippen LogP contribution >= 0.6 is 0 Å². The van der Waals surface area contributed by atoms with Crippen LogP contribution in [0.25, 0.3) is 0 Å². The molecule has 1 rings (SSSR count). The third-order valence-corrected chi connectivity index (χ3v) is 3.54. The van der Waals surface area contributed by atoms with E-state index in [1.54, 1.807) is 0 Å². The predicted octanol–water partition coefficient (Wildman–Crippen LogP) is 1.09. The van der Waals surface area contributed by atoms with Gasteiger partial charge in [-0.15, -0.1) is 12.3 Å². The summed E-state index contributed by atoms with van der Waals surface area (Å²) in [7, 11) is 0. The van der Waals surface area contributed by atoms with Gasteiger partial charge >= 0.3 is 5.97 Å². The predicted molar refractivity (Wildman–Crippen MR) is 77.1 cm³/mol. The van der Waals surface area contributed by atoms with Gasteiger partial charge in [-0.1, -0.05) is 0 Å². The third-order valence-electron chi connectivity index (χ3n) is 3.54. The van der Waals surface area contributed by atoms with Gasteiger partial charge in [-0.25, -0.2) is 0 Å². The van der Waals surface area contributed by atoms with Gasteiger partial charge in [0.1, 0.15) is 0 Å². The summed E-state index contributed by atoms with van der Waals surface area (Å²) in [4.78, 5) is 24.4. The molecule has 0 bridgehead atoms. The van der Waals surface area contributed by atoms with Crippen molar-refractivity contribution in [2.24, 2.45) is 5.92 Å². The molecule has 5 nitrogen and oxygen atoms in total. The number of carbonyl (C=O) groups is 2. The maximum absolute atomic E-state index is 12.0. The second-order valence-corrected chi connectivity index (χ2v) is 5.28. The molecule has 5 heteroatoms. The Morgan fingerprint density at radius 3 is 2.90 bits per heavy atom. The van der Waals surface area contributed by atoms with Gasteiger partial charge in [-0.2, -0.15) is 0 Å². The molecule has 1 saturated heterocycles. The van der Waals surface area contributed by atoms with E-state index in [-0.39, 0.29) is 12.5 Å². The van der Waals surface area contributed by atoms with Gasteiger partial charge in [0.25, 0.3) is 0 Å². The number of carboxylic acids is 1. The summed E-state index contributed by atoms with van der Waals surface area (Å²) in [5, 5.41) is 11.5. The van der Waals surface area contributed by atoms with E-state index in [0.717, 1.165) is 45.2 Å². The van der Waals surface area contributed by atoms with E-state index in [1.807, 2.05) is 4.90 Å². The van der Waals surface area contributed by atoms with Crippen molar-refractivity contribution in [1.82, 2.24) is 10.2 Å². The molecule has 1 heterocycles. The number of terminal acetylenes is 1. The van der Waals surface area contributed by atoms with Crippen LogP contribution in [0.2, 0.25) is 0 Å². The van der Waals surface area contributed by atoms with E-state index in [4.69, 9.17) is 11.5 Å². The molecule has 0 spiro atoms. The summed E-state index contributed by atoms with van der Waals surface area (Å²) in [5.41, 5.74) is 0. The molecular weight excluding hydrogens is 256 g/mol. The van der Waals surface area contributed by atoms with Gasteiger partial charge in [0.05, 0.1) is 6.54 Å².